The van der Waals surface area contributed by atoms with E-state index in [1.54, 1.807) is 16.9 Å². The van der Waals surface area contributed by atoms with Crippen LogP contribution in [0, 0.1) is 30.3 Å². The van der Waals surface area contributed by atoms with Gasteiger partial charge in [0.1, 0.15) is 11.4 Å². The van der Waals surface area contributed by atoms with Crippen molar-refractivity contribution in [2.75, 3.05) is 5.01 Å². The van der Waals surface area contributed by atoms with E-state index in [2.05, 4.69) is 10.2 Å². The van der Waals surface area contributed by atoms with Gasteiger partial charge in [-0.2, -0.15) is 15.2 Å². The Morgan fingerprint density at radius 3 is 2.20 bits per heavy atom. The zero-order valence-corrected chi connectivity index (χ0v) is 20.6. The minimum atomic E-state index is -0.827. The fourth-order valence-corrected chi connectivity index (χ4v) is 4.15. The van der Waals surface area contributed by atoms with Crippen LogP contribution < -0.4 is 5.01 Å². The number of carbonyl (C=O) groups is 1. The second-order valence-corrected chi connectivity index (χ2v) is 8.57. The van der Waals surface area contributed by atoms with E-state index in [1.807, 2.05) is 30.3 Å². The molecule has 4 aromatic rings. The van der Waals surface area contributed by atoms with Gasteiger partial charge in [-0.25, -0.2) is 4.68 Å². The number of amides is 1. The zero-order chi connectivity index (χ0) is 28.6. The van der Waals surface area contributed by atoms with E-state index >= 15 is 0 Å². The van der Waals surface area contributed by atoms with E-state index in [0.29, 0.717) is 22.5 Å². The minimum absolute atomic E-state index is 0.0898. The molecule has 0 atom stereocenters. The molecule has 0 N–H and O–H groups in total. The van der Waals surface area contributed by atoms with Crippen LogP contribution in [0.5, 0.6) is 0 Å². The Hall–Kier alpha value is -6.05. The Labute approximate surface area is 224 Å². The highest BCUT2D eigenvalue weighted by Crippen LogP contribution is 2.36. The number of nitro groups is 3. The van der Waals surface area contributed by atoms with Gasteiger partial charge in [0.05, 0.1) is 37.8 Å². The first kappa shape index (κ1) is 25.6. The highest BCUT2D eigenvalue weighted by atomic mass is 16.6. The number of hydrazone groups is 1. The average molecular weight is 539 g/mol. The smallest absolute Gasteiger partial charge is 0.267 e. The molecule has 0 bridgehead atoms. The topological polar surface area (TPSA) is 180 Å². The van der Waals surface area contributed by atoms with Gasteiger partial charge in [0.2, 0.25) is 0 Å². The highest BCUT2D eigenvalue weighted by Gasteiger charge is 2.34. The van der Waals surface area contributed by atoms with Gasteiger partial charge in [-0.05, 0) is 31.2 Å². The van der Waals surface area contributed by atoms with Gasteiger partial charge in [-0.15, -0.1) is 0 Å². The summed E-state index contributed by atoms with van der Waals surface area (Å²) in [6.07, 6.45) is 3.15. The molecular formula is C26H17N7O7. The molecule has 14 heteroatoms. The first-order chi connectivity index (χ1) is 19.1. The molecule has 0 spiro atoms. The number of anilines is 1. The molecule has 1 aromatic heterocycles. The third-order valence-electron chi connectivity index (χ3n) is 6.05. The lowest BCUT2D eigenvalue weighted by molar-refractivity contribution is -0.393. The van der Waals surface area contributed by atoms with E-state index in [-0.39, 0.29) is 22.7 Å². The number of hydrogen-bond acceptors (Lipinski definition) is 9. The molecule has 2 heterocycles. The van der Waals surface area contributed by atoms with Gasteiger partial charge in [0.25, 0.3) is 17.3 Å². The van der Waals surface area contributed by atoms with Crippen molar-refractivity contribution in [3.8, 4) is 16.9 Å². The molecule has 0 saturated heterocycles. The number of rotatable bonds is 7. The Balaban J connectivity index is 1.61. The molecular weight excluding hydrogens is 522 g/mol. The first-order valence-electron chi connectivity index (χ1n) is 11.6. The van der Waals surface area contributed by atoms with E-state index in [4.69, 9.17) is 0 Å². The van der Waals surface area contributed by atoms with E-state index in [1.165, 1.54) is 31.2 Å². The Kier molecular flexibility index (Phi) is 6.41. The van der Waals surface area contributed by atoms with Gasteiger partial charge >= 0.3 is 5.69 Å². The number of carbonyl (C=O) groups excluding carboxylic acids is 1. The van der Waals surface area contributed by atoms with E-state index in [9.17, 15) is 35.1 Å². The fourth-order valence-electron chi connectivity index (χ4n) is 4.15. The van der Waals surface area contributed by atoms with Crippen molar-refractivity contribution in [3.63, 3.8) is 0 Å². The molecule has 0 radical (unpaired) electrons. The number of para-hydroxylation sites is 1. The van der Waals surface area contributed by atoms with Crippen molar-refractivity contribution in [3.05, 3.63) is 120 Å². The Bertz CT molecular complexity index is 1780. The molecule has 0 saturated carbocycles. The van der Waals surface area contributed by atoms with Crippen LogP contribution in [0.4, 0.5) is 22.7 Å². The molecule has 1 aliphatic rings. The van der Waals surface area contributed by atoms with Gasteiger partial charge < -0.3 is 0 Å². The molecule has 0 fully saturated rings. The summed E-state index contributed by atoms with van der Waals surface area (Å²) in [6.45, 7) is 1.54. The van der Waals surface area contributed by atoms with Crippen LogP contribution in [0.1, 0.15) is 12.5 Å². The maximum absolute atomic E-state index is 13.5. The lowest BCUT2D eigenvalue weighted by Gasteiger charge is -2.11. The van der Waals surface area contributed by atoms with Crippen molar-refractivity contribution in [1.29, 1.82) is 0 Å². The maximum Gasteiger partial charge on any atom is 0.301 e. The van der Waals surface area contributed by atoms with Crippen LogP contribution >= 0.6 is 0 Å². The molecule has 40 heavy (non-hydrogen) atoms. The number of benzene rings is 3. The monoisotopic (exact) mass is 539 g/mol. The summed E-state index contributed by atoms with van der Waals surface area (Å²) in [6, 6.07) is 17.9. The predicted molar refractivity (Wildman–Crippen MR) is 144 cm³/mol. The molecule has 0 aliphatic carbocycles. The highest BCUT2D eigenvalue weighted by molar-refractivity contribution is 6.32. The molecule has 3 aromatic carbocycles. The quantitative estimate of drug-likeness (QED) is 0.177. The first-order valence-corrected chi connectivity index (χ1v) is 11.6. The number of nitro benzene ring substituents is 3. The lowest BCUT2D eigenvalue weighted by atomic mass is 10.0. The molecule has 198 valence electrons. The van der Waals surface area contributed by atoms with Crippen LogP contribution in [0.2, 0.25) is 0 Å². The van der Waals surface area contributed by atoms with Gasteiger partial charge in [-0.1, -0.05) is 30.3 Å². The third kappa shape index (κ3) is 4.67. The van der Waals surface area contributed by atoms with Gasteiger partial charge in [0, 0.05) is 35.5 Å². The van der Waals surface area contributed by atoms with E-state index < -0.39 is 32.1 Å². The number of non-ortho nitro benzene ring substituents is 2. The molecule has 0 unspecified atom stereocenters. The van der Waals surface area contributed by atoms with Crippen molar-refractivity contribution < 1.29 is 19.6 Å². The minimum Gasteiger partial charge on any atom is -0.267 e. The second kappa shape index (κ2) is 10.0. The summed E-state index contributed by atoms with van der Waals surface area (Å²) >= 11 is 0. The Morgan fingerprint density at radius 1 is 0.825 bits per heavy atom. The zero-order valence-electron chi connectivity index (χ0n) is 20.6. The van der Waals surface area contributed by atoms with Crippen LogP contribution in [0.15, 0.2) is 89.7 Å². The summed E-state index contributed by atoms with van der Waals surface area (Å²) < 4.78 is 1.56. The summed E-state index contributed by atoms with van der Waals surface area (Å²) in [7, 11) is 0. The molecule has 14 nitrogen and oxygen atoms in total. The SMILES string of the molecule is CC1=NN(c2ccc([N+](=O)[O-])cc2[N+](=O)[O-])C(=O)/C1=C/c1cn(-c2ccccc2)nc1-c1cccc([N+](=O)[O-])c1. The number of aromatic nitrogens is 2. The summed E-state index contributed by atoms with van der Waals surface area (Å²) in [4.78, 5) is 45.5. The normalized spacial score (nSPS) is 13.9. The Morgan fingerprint density at radius 2 is 1.52 bits per heavy atom. The van der Waals surface area contributed by atoms with Crippen molar-refractivity contribution in [1.82, 2.24) is 9.78 Å². The van der Waals surface area contributed by atoms with E-state index in [0.717, 1.165) is 23.2 Å². The van der Waals surface area contributed by atoms with Gasteiger partial charge in [-0.3, -0.25) is 35.1 Å². The summed E-state index contributed by atoms with van der Waals surface area (Å²) in [5.74, 6) is -0.702. The van der Waals surface area contributed by atoms with Crippen LogP contribution in [-0.2, 0) is 4.79 Å². The summed E-state index contributed by atoms with van der Waals surface area (Å²) in [5.41, 5.74) is 0.690. The average Bonchev–Trinajstić information content (AvgIpc) is 3.50. The van der Waals surface area contributed by atoms with Crippen LogP contribution in [0.3, 0.4) is 0 Å². The van der Waals surface area contributed by atoms with Crippen molar-refractivity contribution in [2.45, 2.75) is 6.92 Å². The standard InChI is InChI=1S/C26H17N7O7/c1-16-22(26(34)30(27-16)23-11-10-21(32(37)38)14-24(23)33(39)40)13-18-15-29(19-7-3-2-4-8-19)28-25(18)17-6-5-9-20(12-17)31(35)36/h2-15H,1H3/b22-13+. The second-order valence-electron chi connectivity index (χ2n) is 8.57. The predicted octanol–water partition coefficient (Wildman–Crippen LogP) is 5.07. The third-order valence-corrected chi connectivity index (χ3v) is 6.05. The largest absolute Gasteiger partial charge is 0.301 e. The maximum atomic E-state index is 13.5. The lowest BCUT2D eigenvalue weighted by Crippen LogP contribution is -2.22. The fraction of sp³-hybridized carbons (Fsp3) is 0.0385. The number of nitrogens with zero attached hydrogens (tertiary/aromatic N) is 7. The van der Waals surface area contributed by atoms with Crippen molar-refractivity contribution >= 4 is 40.4 Å². The molecule has 1 amide bonds. The van der Waals surface area contributed by atoms with Crippen molar-refractivity contribution in [2.24, 2.45) is 5.10 Å². The number of hydrogen-bond donors (Lipinski definition) is 0. The van der Waals surface area contributed by atoms with Crippen LogP contribution in [-0.4, -0.2) is 36.2 Å². The molecule has 5 rings (SSSR count). The summed E-state index contributed by atoms with van der Waals surface area (Å²) in [5, 5.41) is 43.8. The van der Waals surface area contributed by atoms with Gasteiger partial charge in [0.15, 0.2) is 0 Å². The van der Waals surface area contributed by atoms with Crippen LogP contribution in [0.25, 0.3) is 23.0 Å². The molecule has 1 aliphatic heterocycles.